The highest BCUT2D eigenvalue weighted by atomic mass is 16.6. The molecule has 1 aliphatic heterocycles. The monoisotopic (exact) mass is 250 g/mol. The van der Waals surface area contributed by atoms with E-state index in [2.05, 4.69) is 15.9 Å². The van der Waals surface area contributed by atoms with Gasteiger partial charge in [0.25, 0.3) is 0 Å². The zero-order chi connectivity index (χ0) is 13.8. The second-order valence-electron chi connectivity index (χ2n) is 5.29. The van der Waals surface area contributed by atoms with Gasteiger partial charge in [-0.3, -0.25) is 0 Å². The first-order valence-electron chi connectivity index (χ1n) is 5.84. The number of carbonyl (C=O) groups excluding carboxylic acids is 1. The molecule has 1 aliphatic rings. The Bertz CT molecular complexity index is 401. The summed E-state index contributed by atoms with van der Waals surface area (Å²) in [5.74, 6) is 2.54. The largest absolute Gasteiger partial charge is 0.444 e. The molecule has 0 unspecified atom stereocenters. The molecule has 1 saturated heterocycles. The SMILES string of the molecule is C#CC[C@H]1C[C@H](N=[N+]=[N-])CN1C(=O)OC(C)(C)C. The predicted octanol–water partition coefficient (Wildman–Crippen LogP) is 2.70. The molecule has 0 saturated carbocycles. The molecule has 98 valence electrons. The van der Waals surface area contributed by atoms with Crippen molar-refractivity contribution in [2.24, 2.45) is 5.11 Å². The van der Waals surface area contributed by atoms with Crippen LogP contribution >= 0.6 is 0 Å². The molecule has 6 nitrogen and oxygen atoms in total. The highest BCUT2D eigenvalue weighted by Gasteiger charge is 2.36. The van der Waals surface area contributed by atoms with Crippen LogP contribution in [0.25, 0.3) is 10.4 Å². The fourth-order valence-electron chi connectivity index (χ4n) is 1.92. The summed E-state index contributed by atoms with van der Waals surface area (Å²) in [7, 11) is 0. The van der Waals surface area contributed by atoms with Crippen LogP contribution in [0.5, 0.6) is 0 Å². The summed E-state index contributed by atoms with van der Waals surface area (Å²) in [6.07, 6.45) is 5.91. The van der Waals surface area contributed by atoms with E-state index in [1.807, 2.05) is 20.8 Å². The van der Waals surface area contributed by atoms with E-state index in [4.69, 9.17) is 16.7 Å². The van der Waals surface area contributed by atoms with Crippen molar-refractivity contribution in [1.29, 1.82) is 0 Å². The van der Waals surface area contributed by atoms with Crippen LogP contribution in [-0.2, 0) is 4.74 Å². The molecule has 0 bridgehead atoms. The summed E-state index contributed by atoms with van der Waals surface area (Å²) >= 11 is 0. The average molecular weight is 250 g/mol. The van der Waals surface area contributed by atoms with Gasteiger partial charge in [-0.25, -0.2) is 4.79 Å². The predicted molar refractivity (Wildman–Crippen MR) is 67.7 cm³/mol. The Hall–Kier alpha value is -1.86. The Labute approximate surface area is 107 Å². The third-order valence-electron chi connectivity index (χ3n) is 2.59. The molecular formula is C12H18N4O2. The summed E-state index contributed by atoms with van der Waals surface area (Å²) in [6.45, 7) is 5.79. The van der Waals surface area contributed by atoms with E-state index in [9.17, 15) is 4.79 Å². The molecule has 1 fully saturated rings. The van der Waals surface area contributed by atoms with E-state index < -0.39 is 11.7 Å². The van der Waals surface area contributed by atoms with Gasteiger partial charge >= 0.3 is 6.09 Å². The molecule has 0 aliphatic carbocycles. The maximum atomic E-state index is 12.0. The molecular weight excluding hydrogens is 232 g/mol. The van der Waals surface area contributed by atoms with Gasteiger partial charge in [0.2, 0.25) is 0 Å². The molecule has 0 radical (unpaired) electrons. The van der Waals surface area contributed by atoms with Crippen LogP contribution < -0.4 is 0 Å². The summed E-state index contributed by atoms with van der Waals surface area (Å²) in [5.41, 5.74) is 7.89. The smallest absolute Gasteiger partial charge is 0.410 e. The van der Waals surface area contributed by atoms with E-state index in [1.54, 1.807) is 4.90 Å². The van der Waals surface area contributed by atoms with Gasteiger partial charge in [0.05, 0.1) is 6.04 Å². The fourth-order valence-corrected chi connectivity index (χ4v) is 1.92. The lowest BCUT2D eigenvalue weighted by molar-refractivity contribution is 0.0228. The van der Waals surface area contributed by atoms with Crippen LogP contribution in [0.15, 0.2) is 5.11 Å². The van der Waals surface area contributed by atoms with Crippen molar-refractivity contribution in [3.05, 3.63) is 10.4 Å². The van der Waals surface area contributed by atoms with E-state index in [-0.39, 0.29) is 12.1 Å². The topological polar surface area (TPSA) is 78.3 Å². The number of terminal acetylenes is 1. The average Bonchev–Trinajstić information content (AvgIpc) is 2.60. The van der Waals surface area contributed by atoms with Gasteiger partial charge in [0, 0.05) is 23.9 Å². The number of azide groups is 1. The quantitative estimate of drug-likeness (QED) is 0.327. The summed E-state index contributed by atoms with van der Waals surface area (Å²) in [5, 5.41) is 3.65. The minimum absolute atomic E-state index is 0.111. The summed E-state index contributed by atoms with van der Waals surface area (Å²) in [4.78, 5) is 16.3. The Morgan fingerprint density at radius 1 is 1.67 bits per heavy atom. The van der Waals surface area contributed by atoms with Crippen molar-refractivity contribution >= 4 is 6.09 Å². The van der Waals surface area contributed by atoms with Gasteiger partial charge in [0.1, 0.15) is 5.60 Å². The van der Waals surface area contributed by atoms with Gasteiger partial charge in [-0.1, -0.05) is 5.11 Å². The Balaban J connectivity index is 2.75. The number of likely N-dealkylation sites (tertiary alicyclic amines) is 1. The van der Waals surface area contributed by atoms with E-state index in [0.29, 0.717) is 19.4 Å². The first-order chi connectivity index (χ1) is 8.37. The summed E-state index contributed by atoms with van der Waals surface area (Å²) in [6, 6.07) is -0.332. The second-order valence-corrected chi connectivity index (χ2v) is 5.29. The van der Waals surface area contributed by atoms with Gasteiger partial charge in [-0.15, -0.1) is 12.3 Å². The fraction of sp³-hybridized carbons (Fsp3) is 0.750. The van der Waals surface area contributed by atoms with Crippen molar-refractivity contribution in [3.63, 3.8) is 0 Å². The molecule has 1 rings (SSSR count). The van der Waals surface area contributed by atoms with Crippen molar-refractivity contribution in [1.82, 2.24) is 4.90 Å². The van der Waals surface area contributed by atoms with E-state index in [1.165, 1.54) is 0 Å². The van der Waals surface area contributed by atoms with Crippen molar-refractivity contribution in [3.8, 4) is 12.3 Å². The minimum Gasteiger partial charge on any atom is -0.444 e. The van der Waals surface area contributed by atoms with Gasteiger partial charge in [-0.2, -0.15) is 0 Å². The van der Waals surface area contributed by atoms with Crippen molar-refractivity contribution < 1.29 is 9.53 Å². The van der Waals surface area contributed by atoms with Crippen LogP contribution in [0.1, 0.15) is 33.6 Å². The number of ether oxygens (including phenoxy) is 1. The lowest BCUT2D eigenvalue weighted by Crippen LogP contribution is -2.40. The molecule has 2 atom stereocenters. The Kier molecular flexibility index (Phi) is 4.46. The number of carbonyl (C=O) groups is 1. The maximum absolute atomic E-state index is 12.0. The second kappa shape index (κ2) is 5.65. The van der Waals surface area contributed by atoms with Gasteiger partial charge in [0.15, 0.2) is 0 Å². The number of rotatable bonds is 2. The van der Waals surface area contributed by atoms with Gasteiger partial charge in [-0.05, 0) is 32.7 Å². The molecule has 18 heavy (non-hydrogen) atoms. The third kappa shape index (κ3) is 3.86. The zero-order valence-corrected chi connectivity index (χ0v) is 11.0. The highest BCUT2D eigenvalue weighted by molar-refractivity contribution is 5.69. The molecule has 0 N–H and O–H groups in total. The first kappa shape index (κ1) is 14.2. The minimum atomic E-state index is -0.547. The number of hydrogen-bond acceptors (Lipinski definition) is 3. The van der Waals surface area contributed by atoms with Crippen LogP contribution in [-0.4, -0.2) is 35.2 Å². The normalized spacial score (nSPS) is 23.1. The van der Waals surface area contributed by atoms with E-state index in [0.717, 1.165) is 0 Å². The standard InChI is InChI=1S/C12H18N4O2/c1-5-6-10-7-9(14-15-13)8-16(10)11(17)18-12(2,3)4/h1,9-10H,6-8H2,2-4H3/t9-,10-/m0/s1. The van der Waals surface area contributed by atoms with Crippen LogP contribution in [0.3, 0.4) is 0 Å². The molecule has 0 aromatic heterocycles. The Morgan fingerprint density at radius 3 is 2.83 bits per heavy atom. The van der Waals surface area contributed by atoms with Crippen molar-refractivity contribution in [2.45, 2.75) is 51.3 Å². The van der Waals surface area contributed by atoms with E-state index >= 15 is 0 Å². The molecule has 0 aromatic carbocycles. The number of nitrogens with zero attached hydrogens (tertiary/aromatic N) is 4. The van der Waals surface area contributed by atoms with Crippen LogP contribution in [0.2, 0.25) is 0 Å². The number of amides is 1. The zero-order valence-electron chi connectivity index (χ0n) is 11.0. The molecule has 0 spiro atoms. The first-order valence-corrected chi connectivity index (χ1v) is 5.84. The lowest BCUT2D eigenvalue weighted by Gasteiger charge is -2.27. The van der Waals surface area contributed by atoms with Gasteiger partial charge < -0.3 is 9.64 Å². The molecule has 0 aromatic rings. The maximum Gasteiger partial charge on any atom is 0.410 e. The highest BCUT2D eigenvalue weighted by Crippen LogP contribution is 2.25. The third-order valence-corrected chi connectivity index (χ3v) is 2.59. The summed E-state index contributed by atoms with van der Waals surface area (Å²) < 4.78 is 5.31. The molecule has 1 heterocycles. The number of hydrogen-bond donors (Lipinski definition) is 0. The van der Waals surface area contributed by atoms with Crippen LogP contribution in [0, 0.1) is 12.3 Å². The Morgan fingerprint density at radius 2 is 2.33 bits per heavy atom. The van der Waals surface area contributed by atoms with Crippen LogP contribution in [0.4, 0.5) is 4.79 Å². The lowest BCUT2D eigenvalue weighted by atomic mass is 10.1. The molecule has 6 heteroatoms. The van der Waals surface area contributed by atoms with Crippen molar-refractivity contribution in [2.75, 3.05) is 6.54 Å². The molecule has 1 amide bonds.